The van der Waals surface area contributed by atoms with Crippen molar-refractivity contribution in [1.29, 1.82) is 0 Å². The van der Waals surface area contributed by atoms with E-state index in [1.54, 1.807) is 24.8 Å². The van der Waals surface area contributed by atoms with E-state index in [4.69, 9.17) is 4.42 Å². The molecule has 6 nitrogen and oxygen atoms in total. The van der Waals surface area contributed by atoms with Crippen molar-refractivity contribution in [2.75, 3.05) is 19.6 Å². The summed E-state index contributed by atoms with van der Waals surface area (Å²) in [7, 11) is 0. The molecule has 2 fully saturated rings. The number of furan rings is 1. The van der Waals surface area contributed by atoms with Crippen LogP contribution in [0.4, 0.5) is 0 Å². The molecule has 0 bridgehead atoms. The van der Waals surface area contributed by atoms with Gasteiger partial charge in [-0.1, -0.05) is 30.3 Å². The summed E-state index contributed by atoms with van der Waals surface area (Å²) in [6.07, 6.45) is 6.77. The van der Waals surface area contributed by atoms with Crippen molar-refractivity contribution in [2.24, 2.45) is 11.8 Å². The van der Waals surface area contributed by atoms with E-state index in [1.807, 2.05) is 17.2 Å². The number of H-pyrrole nitrogens is 1. The van der Waals surface area contributed by atoms with Crippen LogP contribution in [0.15, 0.2) is 65.7 Å². The Morgan fingerprint density at radius 2 is 2.07 bits per heavy atom. The van der Waals surface area contributed by atoms with Crippen LogP contribution in [0.5, 0.6) is 0 Å². The van der Waals surface area contributed by atoms with Crippen LogP contribution in [-0.2, 0) is 6.54 Å². The van der Waals surface area contributed by atoms with E-state index in [9.17, 15) is 4.79 Å². The molecular formula is C21H22N4O2. The Balaban J connectivity index is 1.41. The summed E-state index contributed by atoms with van der Waals surface area (Å²) in [6.45, 7) is 3.57. The van der Waals surface area contributed by atoms with Gasteiger partial charge in [0.2, 0.25) is 0 Å². The fraction of sp³-hybridized carbons (Fsp3) is 0.333. The second kappa shape index (κ2) is 6.70. The highest BCUT2D eigenvalue weighted by Crippen LogP contribution is 2.45. The monoisotopic (exact) mass is 362 g/mol. The number of fused-ring (bicyclic) bond motifs is 1. The molecule has 0 radical (unpaired) electrons. The lowest BCUT2D eigenvalue weighted by atomic mass is 9.89. The van der Waals surface area contributed by atoms with Crippen LogP contribution in [0.25, 0.3) is 0 Å². The molecule has 1 amide bonds. The molecule has 0 spiro atoms. The van der Waals surface area contributed by atoms with Gasteiger partial charge in [-0.25, -0.2) is 4.98 Å². The van der Waals surface area contributed by atoms with Gasteiger partial charge in [0.05, 0.1) is 24.4 Å². The minimum Gasteiger partial charge on any atom is -0.472 e. The van der Waals surface area contributed by atoms with Gasteiger partial charge in [0, 0.05) is 37.9 Å². The summed E-state index contributed by atoms with van der Waals surface area (Å²) < 4.78 is 5.14. The number of aromatic amines is 1. The number of benzene rings is 1. The zero-order chi connectivity index (χ0) is 18.2. The lowest BCUT2D eigenvalue weighted by Gasteiger charge is -2.29. The minimum absolute atomic E-state index is 0.0598. The zero-order valence-corrected chi connectivity index (χ0v) is 15.0. The van der Waals surface area contributed by atoms with Crippen LogP contribution >= 0.6 is 0 Å². The number of carbonyl (C=O) groups excluding carboxylic acids is 1. The number of imidazole rings is 1. The maximum atomic E-state index is 13.1. The number of carbonyl (C=O) groups is 1. The van der Waals surface area contributed by atoms with E-state index in [0.717, 1.165) is 32.0 Å². The first-order valence-corrected chi connectivity index (χ1v) is 9.38. The number of nitrogens with zero attached hydrogens (tertiary/aromatic N) is 3. The van der Waals surface area contributed by atoms with Crippen LogP contribution in [-0.4, -0.2) is 45.3 Å². The Kier molecular flexibility index (Phi) is 4.05. The average molecular weight is 362 g/mol. The Morgan fingerprint density at radius 1 is 1.19 bits per heavy atom. The standard InChI is InChI=1S/C21H22N4O2/c26-21(16-6-9-27-14-16)25-11-17-10-24(13-19-22-7-8-23-19)12-18(17)20(25)15-4-2-1-3-5-15/h1-9,14,17-18,20H,10-13H2,(H,22,23)/t17-,18-,20+/m0/s1. The van der Waals surface area contributed by atoms with Crippen molar-refractivity contribution in [1.82, 2.24) is 19.8 Å². The number of hydrogen-bond acceptors (Lipinski definition) is 4. The molecule has 138 valence electrons. The van der Waals surface area contributed by atoms with Crippen molar-refractivity contribution >= 4 is 5.91 Å². The molecule has 1 N–H and O–H groups in total. The van der Waals surface area contributed by atoms with E-state index >= 15 is 0 Å². The predicted molar refractivity (Wildman–Crippen MR) is 99.8 cm³/mol. The minimum atomic E-state index is 0.0598. The second-order valence-corrected chi connectivity index (χ2v) is 7.48. The molecule has 3 atom stereocenters. The molecule has 4 heterocycles. The van der Waals surface area contributed by atoms with Crippen LogP contribution in [0, 0.1) is 11.8 Å². The average Bonchev–Trinajstić information content (AvgIpc) is 3.46. The number of aromatic nitrogens is 2. The third-order valence-corrected chi connectivity index (χ3v) is 5.84. The number of likely N-dealkylation sites (tertiary alicyclic amines) is 2. The van der Waals surface area contributed by atoms with E-state index in [1.165, 1.54) is 5.56 Å². The fourth-order valence-corrected chi connectivity index (χ4v) is 4.70. The normalized spacial score (nSPS) is 25.0. The van der Waals surface area contributed by atoms with Crippen LogP contribution in [0.1, 0.15) is 27.8 Å². The van der Waals surface area contributed by atoms with Crippen molar-refractivity contribution in [2.45, 2.75) is 12.6 Å². The predicted octanol–water partition coefficient (Wildman–Crippen LogP) is 2.95. The second-order valence-electron chi connectivity index (χ2n) is 7.48. The Bertz CT molecular complexity index is 892. The van der Waals surface area contributed by atoms with Crippen molar-refractivity contribution in [3.8, 4) is 0 Å². The summed E-state index contributed by atoms with van der Waals surface area (Å²) >= 11 is 0. The zero-order valence-electron chi connectivity index (χ0n) is 15.0. The summed E-state index contributed by atoms with van der Waals surface area (Å²) in [4.78, 5) is 25.1. The molecule has 0 saturated carbocycles. The quantitative estimate of drug-likeness (QED) is 0.775. The highest BCUT2D eigenvalue weighted by Gasteiger charge is 2.49. The first-order valence-electron chi connectivity index (χ1n) is 9.38. The summed E-state index contributed by atoms with van der Waals surface area (Å²) in [5.74, 6) is 1.96. The molecule has 0 aliphatic carbocycles. The first kappa shape index (κ1) is 16.3. The number of rotatable bonds is 4. The molecule has 5 rings (SSSR count). The van der Waals surface area contributed by atoms with E-state index in [0.29, 0.717) is 17.4 Å². The molecule has 2 saturated heterocycles. The Morgan fingerprint density at radius 3 is 2.81 bits per heavy atom. The molecule has 27 heavy (non-hydrogen) atoms. The molecular weight excluding hydrogens is 340 g/mol. The van der Waals surface area contributed by atoms with Gasteiger partial charge in [-0.2, -0.15) is 0 Å². The lowest BCUT2D eigenvalue weighted by Crippen LogP contribution is -2.35. The van der Waals surface area contributed by atoms with Crippen molar-refractivity contribution in [3.63, 3.8) is 0 Å². The lowest BCUT2D eigenvalue weighted by molar-refractivity contribution is 0.0698. The maximum absolute atomic E-state index is 13.1. The molecule has 3 aromatic rings. The van der Waals surface area contributed by atoms with E-state index in [-0.39, 0.29) is 11.9 Å². The Hall–Kier alpha value is -2.86. The Labute approximate surface area is 157 Å². The highest BCUT2D eigenvalue weighted by molar-refractivity contribution is 5.94. The van der Waals surface area contributed by atoms with Gasteiger partial charge < -0.3 is 14.3 Å². The van der Waals surface area contributed by atoms with Gasteiger partial charge in [0.1, 0.15) is 12.1 Å². The van der Waals surface area contributed by atoms with E-state index < -0.39 is 0 Å². The SMILES string of the molecule is O=C(c1ccoc1)N1C[C@@H]2CN(Cc3ncc[nH]3)C[C@@H]2[C@H]1c1ccccc1. The summed E-state index contributed by atoms with van der Waals surface area (Å²) in [5.41, 5.74) is 1.84. The molecule has 2 aromatic heterocycles. The first-order chi connectivity index (χ1) is 13.3. The number of hydrogen-bond donors (Lipinski definition) is 1. The highest BCUT2D eigenvalue weighted by atomic mass is 16.3. The third-order valence-electron chi connectivity index (χ3n) is 5.84. The number of nitrogens with one attached hydrogen (secondary N) is 1. The fourth-order valence-electron chi connectivity index (χ4n) is 4.70. The number of amides is 1. The van der Waals surface area contributed by atoms with Gasteiger partial charge in [0.25, 0.3) is 5.91 Å². The van der Waals surface area contributed by atoms with Gasteiger partial charge in [-0.3, -0.25) is 9.69 Å². The van der Waals surface area contributed by atoms with E-state index in [2.05, 4.69) is 39.1 Å². The topological polar surface area (TPSA) is 65.4 Å². The third kappa shape index (κ3) is 2.96. The molecule has 1 aromatic carbocycles. The van der Waals surface area contributed by atoms with Crippen LogP contribution in [0.3, 0.4) is 0 Å². The molecule has 2 aliphatic heterocycles. The summed E-state index contributed by atoms with van der Waals surface area (Å²) in [5, 5.41) is 0. The van der Waals surface area contributed by atoms with Crippen LogP contribution < -0.4 is 0 Å². The van der Waals surface area contributed by atoms with Gasteiger partial charge in [-0.15, -0.1) is 0 Å². The maximum Gasteiger partial charge on any atom is 0.257 e. The molecule has 6 heteroatoms. The van der Waals surface area contributed by atoms with Crippen LogP contribution in [0.2, 0.25) is 0 Å². The summed E-state index contributed by atoms with van der Waals surface area (Å²) in [6, 6.07) is 12.3. The largest absolute Gasteiger partial charge is 0.472 e. The van der Waals surface area contributed by atoms with Gasteiger partial charge in [0.15, 0.2) is 0 Å². The van der Waals surface area contributed by atoms with Gasteiger partial charge in [-0.05, 0) is 17.5 Å². The van der Waals surface area contributed by atoms with Gasteiger partial charge >= 0.3 is 0 Å². The van der Waals surface area contributed by atoms with Crippen molar-refractivity contribution in [3.05, 3.63) is 78.3 Å². The molecule has 0 unspecified atom stereocenters. The van der Waals surface area contributed by atoms with Crippen molar-refractivity contribution < 1.29 is 9.21 Å². The smallest absolute Gasteiger partial charge is 0.257 e. The molecule has 2 aliphatic rings.